The van der Waals surface area contributed by atoms with E-state index in [-0.39, 0.29) is 5.91 Å². The van der Waals surface area contributed by atoms with Crippen molar-refractivity contribution in [2.24, 2.45) is 5.73 Å². The number of aryl methyl sites for hydroxylation is 1. The van der Waals surface area contributed by atoms with E-state index in [4.69, 9.17) is 10.5 Å². The van der Waals surface area contributed by atoms with Gasteiger partial charge in [0.1, 0.15) is 0 Å². The van der Waals surface area contributed by atoms with Gasteiger partial charge in [0.25, 0.3) is 0 Å². The summed E-state index contributed by atoms with van der Waals surface area (Å²) in [5, 5.41) is 0. The molecule has 1 aromatic rings. The lowest BCUT2D eigenvalue weighted by atomic mass is 10.1. The number of carbonyl (C=O) groups excluding carboxylic acids is 1. The van der Waals surface area contributed by atoms with Crippen LogP contribution < -0.4 is 5.73 Å². The number of hydrogen-bond donors (Lipinski definition) is 1. The Morgan fingerprint density at radius 1 is 1.40 bits per heavy atom. The van der Waals surface area contributed by atoms with E-state index >= 15 is 0 Å². The van der Waals surface area contributed by atoms with Crippen LogP contribution in [-0.4, -0.2) is 52.7 Å². The molecular weight excluding hydrogens is 256 g/mol. The number of nitrogens with zero attached hydrogens (tertiary/aromatic N) is 3. The molecule has 1 aliphatic heterocycles. The molecular formula is C14H24N4O2. The zero-order valence-electron chi connectivity index (χ0n) is 11.9. The maximum Gasteiger partial charge on any atom is 0.224 e. The molecule has 0 unspecified atom stereocenters. The van der Waals surface area contributed by atoms with Gasteiger partial charge in [-0.15, -0.1) is 0 Å². The van der Waals surface area contributed by atoms with Crippen LogP contribution in [0.2, 0.25) is 0 Å². The molecule has 0 spiro atoms. The zero-order valence-corrected chi connectivity index (χ0v) is 11.9. The third-order valence-electron chi connectivity index (χ3n) is 3.64. The number of imidazole rings is 1. The summed E-state index contributed by atoms with van der Waals surface area (Å²) < 4.78 is 7.67. The lowest BCUT2D eigenvalue weighted by molar-refractivity contribution is -0.134. The molecule has 20 heavy (non-hydrogen) atoms. The second kappa shape index (κ2) is 8.01. The molecule has 1 saturated heterocycles. The lowest BCUT2D eigenvalue weighted by Gasteiger charge is -2.32. The smallest absolute Gasteiger partial charge is 0.224 e. The summed E-state index contributed by atoms with van der Waals surface area (Å²) in [5.41, 5.74) is 5.44. The van der Waals surface area contributed by atoms with Gasteiger partial charge in [0, 0.05) is 45.1 Å². The summed E-state index contributed by atoms with van der Waals surface area (Å²) in [7, 11) is 0. The molecule has 1 aromatic heterocycles. The van der Waals surface area contributed by atoms with E-state index in [1.807, 2.05) is 15.7 Å². The molecule has 1 fully saturated rings. The van der Waals surface area contributed by atoms with Crippen LogP contribution >= 0.6 is 0 Å². The molecule has 0 aliphatic carbocycles. The van der Waals surface area contributed by atoms with E-state index < -0.39 is 0 Å². The maximum atomic E-state index is 12.1. The minimum Gasteiger partial charge on any atom is -0.378 e. The number of amides is 1. The second-order valence-corrected chi connectivity index (χ2v) is 5.14. The van der Waals surface area contributed by atoms with Crippen molar-refractivity contribution in [3.05, 3.63) is 18.7 Å². The summed E-state index contributed by atoms with van der Waals surface area (Å²) in [6.45, 7) is 3.71. The normalized spacial score (nSPS) is 16.6. The van der Waals surface area contributed by atoms with Crippen molar-refractivity contribution in [2.45, 2.75) is 38.3 Å². The Morgan fingerprint density at radius 2 is 2.20 bits per heavy atom. The van der Waals surface area contributed by atoms with Crippen molar-refractivity contribution in [1.29, 1.82) is 0 Å². The number of aromatic nitrogens is 2. The molecule has 0 radical (unpaired) electrons. The molecule has 2 N–H and O–H groups in total. The molecule has 0 saturated carbocycles. The first-order valence-corrected chi connectivity index (χ1v) is 7.35. The molecule has 1 aliphatic rings. The van der Waals surface area contributed by atoms with Crippen molar-refractivity contribution >= 4 is 5.91 Å². The van der Waals surface area contributed by atoms with Crippen LogP contribution in [0.4, 0.5) is 0 Å². The molecule has 0 bridgehead atoms. The molecule has 6 nitrogen and oxygen atoms in total. The van der Waals surface area contributed by atoms with Crippen LogP contribution in [0.25, 0.3) is 0 Å². The maximum absolute atomic E-state index is 12.1. The van der Waals surface area contributed by atoms with Gasteiger partial charge in [0.05, 0.1) is 12.4 Å². The minimum absolute atomic E-state index is 0.221. The highest BCUT2D eigenvalue weighted by molar-refractivity contribution is 5.76. The third-order valence-corrected chi connectivity index (χ3v) is 3.64. The molecule has 0 atom stereocenters. The van der Waals surface area contributed by atoms with Crippen molar-refractivity contribution in [1.82, 2.24) is 14.5 Å². The fraction of sp³-hybridized carbons (Fsp3) is 0.714. The Kier molecular flexibility index (Phi) is 6.01. The van der Waals surface area contributed by atoms with Gasteiger partial charge in [0.15, 0.2) is 0 Å². The fourth-order valence-electron chi connectivity index (χ4n) is 2.41. The van der Waals surface area contributed by atoms with Gasteiger partial charge in [-0.25, -0.2) is 4.98 Å². The predicted molar refractivity (Wildman–Crippen MR) is 76.1 cm³/mol. The van der Waals surface area contributed by atoms with Crippen LogP contribution in [0, 0.1) is 0 Å². The number of likely N-dealkylation sites (tertiary alicyclic amines) is 1. The first-order chi connectivity index (χ1) is 9.79. The van der Waals surface area contributed by atoms with Gasteiger partial charge < -0.3 is 19.9 Å². The van der Waals surface area contributed by atoms with Crippen LogP contribution in [0.15, 0.2) is 18.7 Å². The molecule has 2 rings (SSSR count). The summed E-state index contributed by atoms with van der Waals surface area (Å²) in [6, 6.07) is 0. The minimum atomic E-state index is 0.221. The first-order valence-electron chi connectivity index (χ1n) is 7.35. The van der Waals surface area contributed by atoms with Crippen molar-refractivity contribution in [3.63, 3.8) is 0 Å². The second-order valence-electron chi connectivity index (χ2n) is 5.14. The average Bonchev–Trinajstić information content (AvgIpc) is 2.99. The quantitative estimate of drug-likeness (QED) is 0.743. The number of piperidine rings is 1. The highest BCUT2D eigenvalue weighted by Gasteiger charge is 2.22. The number of rotatable bonds is 7. The van der Waals surface area contributed by atoms with E-state index in [0.29, 0.717) is 25.6 Å². The SMILES string of the molecule is NCCCOC1CCN(C(=O)CCn2ccnc2)CC1. The Bertz CT molecular complexity index is 386. The number of ether oxygens (including phenoxy) is 1. The summed E-state index contributed by atoms with van der Waals surface area (Å²) in [4.78, 5) is 18.0. The largest absolute Gasteiger partial charge is 0.378 e. The molecule has 2 heterocycles. The van der Waals surface area contributed by atoms with E-state index in [1.54, 1.807) is 12.5 Å². The fourth-order valence-corrected chi connectivity index (χ4v) is 2.41. The molecule has 112 valence electrons. The van der Waals surface area contributed by atoms with E-state index in [2.05, 4.69) is 4.98 Å². The molecule has 6 heteroatoms. The van der Waals surface area contributed by atoms with Crippen LogP contribution in [0.5, 0.6) is 0 Å². The van der Waals surface area contributed by atoms with Gasteiger partial charge in [0.2, 0.25) is 5.91 Å². The topological polar surface area (TPSA) is 73.4 Å². The molecule has 0 aromatic carbocycles. The van der Waals surface area contributed by atoms with Crippen LogP contribution in [0.3, 0.4) is 0 Å². The van der Waals surface area contributed by atoms with Gasteiger partial charge >= 0.3 is 0 Å². The van der Waals surface area contributed by atoms with Crippen LogP contribution in [0.1, 0.15) is 25.7 Å². The van der Waals surface area contributed by atoms with Gasteiger partial charge in [-0.05, 0) is 25.8 Å². The summed E-state index contributed by atoms with van der Waals surface area (Å²) in [5.74, 6) is 0.221. The Hall–Kier alpha value is -1.40. The summed E-state index contributed by atoms with van der Waals surface area (Å²) in [6.07, 6.45) is 8.95. The van der Waals surface area contributed by atoms with Crippen molar-refractivity contribution < 1.29 is 9.53 Å². The van der Waals surface area contributed by atoms with Gasteiger partial charge in [-0.3, -0.25) is 4.79 Å². The van der Waals surface area contributed by atoms with Crippen molar-refractivity contribution in [2.75, 3.05) is 26.2 Å². The van der Waals surface area contributed by atoms with E-state index in [1.165, 1.54) is 0 Å². The number of nitrogens with two attached hydrogens (primary N) is 1. The average molecular weight is 280 g/mol. The molecule has 1 amide bonds. The van der Waals surface area contributed by atoms with Crippen molar-refractivity contribution in [3.8, 4) is 0 Å². The van der Waals surface area contributed by atoms with E-state index in [9.17, 15) is 4.79 Å². The standard InChI is InChI=1S/C14H24N4O2/c15-5-1-11-20-13-2-8-18(9-3-13)14(19)4-7-17-10-6-16-12-17/h6,10,12-13H,1-5,7-9,11,15H2. The first kappa shape index (κ1) is 15.0. The lowest BCUT2D eigenvalue weighted by Crippen LogP contribution is -2.41. The van der Waals surface area contributed by atoms with E-state index in [0.717, 1.165) is 39.0 Å². The Balaban J connectivity index is 1.64. The third kappa shape index (κ3) is 4.61. The highest BCUT2D eigenvalue weighted by Crippen LogP contribution is 2.15. The monoisotopic (exact) mass is 280 g/mol. The number of carbonyl (C=O) groups is 1. The summed E-state index contributed by atoms with van der Waals surface area (Å²) >= 11 is 0. The number of hydrogen-bond acceptors (Lipinski definition) is 4. The highest BCUT2D eigenvalue weighted by atomic mass is 16.5. The Labute approximate surface area is 119 Å². The van der Waals surface area contributed by atoms with Gasteiger partial charge in [-0.2, -0.15) is 0 Å². The predicted octanol–water partition coefficient (Wildman–Crippen LogP) is 0.630. The zero-order chi connectivity index (χ0) is 14.2. The van der Waals surface area contributed by atoms with Gasteiger partial charge in [-0.1, -0.05) is 0 Å². The van der Waals surface area contributed by atoms with Crippen LogP contribution in [-0.2, 0) is 16.1 Å². The Morgan fingerprint density at radius 3 is 2.85 bits per heavy atom.